The quantitative estimate of drug-likeness (QED) is 0.835. The molecule has 2 rings (SSSR count). The largest absolute Gasteiger partial charge is 0.382 e. The molecule has 0 atom stereocenters. The van der Waals surface area contributed by atoms with E-state index in [2.05, 4.69) is 20.4 Å². The van der Waals surface area contributed by atoms with Crippen LogP contribution in [0, 0.1) is 6.92 Å². The Bertz CT molecular complexity index is 591. The van der Waals surface area contributed by atoms with E-state index in [0.29, 0.717) is 21.7 Å². The third-order valence-electron chi connectivity index (χ3n) is 2.20. The summed E-state index contributed by atoms with van der Waals surface area (Å²) < 4.78 is 4.90. The fraction of sp³-hybridized carbons (Fsp3) is 0.400. The number of hydrogen-bond acceptors (Lipinski definition) is 8. The Morgan fingerprint density at radius 2 is 2.21 bits per heavy atom. The summed E-state index contributed by atoms with van der Waals surface area (Å²) in [5, 5.41) is 6.97. The number of nitrogens with one attached hydrogen (secondary N) is 1. The van der Waals surface area contributed by atoms with Crippen molar-refractivity contribution in [3.05, 3.63) is 16.6 Å². The average Bonchev–Trinajstić information content (AvgIpc) is 2.92. The van der Waals surface area contributed by atoms with Crippen molar-refractivity contribution in [1.29, 1.82) is 0 Å². The summed E-state index contributed by atoms with van der Waals surface area (Å²) in [5.41, 5.74) is 5.71. The molecule has 3 N–H and O–H groups in total. The van der Waals surface area contributed by atoms with Gasteiger partial charge in [0, 0.05) is 14.1 Å². The number of nitrogen functional groups attached to an aromatic ring is 1. The first-order valence-electron chi connectivity index (χ1n) is 5.48. The molecule has 2 aromatic heterocycles. The molecule has 0 saturated carbocycles. The van der Waals surface area contributed by atoms with Crippen molar-refractivity contribution >= 4 is 28.2 Å². The summed E-state index contributed by atoms with van der Waals surface area (Å²) in [6.07, 6.45) is 0. The van der Waals surface area contributed by atoms with Gasteiger partial charge in [0.25, 0.3) is 5.91 Å². The zero-order valence-electron chi connectivity index (χ0n) is 10.8. The van der Waals surface area contributed by atoms with E-state index in [0.717, 1.165) is 0 Å². The van der Waals surface area contributed by atoms with Gasteiger partial charge in [0.05, 0.1) is 6.54 Å². The molecule has 0 fully saturated rings. The molecule has 1 amide bonds. The van der Waals surface area contributed by atoms with Crippen LogP contribution in [0.3, 0.4) is 0 Å². The highest BCUT2D eigenvalue weighted by Gasteiger charge is 2.17. The van der Waals surface area contributed by atoms with Crippen LogP contribution in [0.25, 0.3) is 0 Å². The second-order valence-electron chi connectivity index (χ2n) is 4.02. The molecular weight excluding hydrogens is 268 g/mol. The van der Waals surface area contributed by atoms with Crippen LogP contribution in [0.4, 0.5) is 10.9 Å². The Kier molecular flexibility index (Phi) is 3.65. The zero-order valence-corrected chi connectivity index (χ0v) is 11.6. The minimum Gasteiger partial charge on any atom is -0.382 e. The van der Waals surface area contributed by atoms with Crippen molar-refractivity contribution in [1.82, 2.24) is 20.4 Å². The molecule has 2 aromatic rings. The monoisotopic (exact) mass is 282 g/mol. The van der Waals surface area contributed by atoms with Gasteiger partial charge in [-0.2, -0.15) is 4.98 Å². The zero-order chi connectivity index (χ0) is 14.0. The number of aromatic nitrogens is 3. The van der Waals surface area contributed by atoms with Gasteiger partial charge in [-0.3, -0.25) is 4.79 Å². The number of carbonyl (C=O) groups is 1. The number of thiazole rings is 1. The van der Waals surface area contributed by atoms with Gasteiger partial charge < -0.3 is 20.5 Å². The van der Waals surface area contributed by atoms with Crippen LogP contribution < -0.4 is 16.0 Å². The minimum atomic E-state index is -0.307. The Labute approximate surface area is 113 Å². The van der Waals surface area contributed by atoms with Gasteiger partial charge in [-0.15, -0.1) is 0 Å². The lowest BCUT2D eigenvalue weighted by Gasteiger charge is -2.04. The van der Waals surface area contributed by atoms with Crippen molar-refractivity contribution in [3.63, 3.8) is 0 Å². The van der Waals surface area contributed by atoms with Crippen LogP contribution in [-0.2, 0) is 6.54 Å². The first kappa shape index (κ1) is 13.3. The summed E-state index contributed by atoms with van der Waals surface area (Å²) in [4.78, 5) is 22.2. The summed E-state index contributed by atoms with van der Waals surface area (Å²) in [7, 11) is 3.67. The highest BCUT2D eigenvalue weighted by molar-refractivity contribution is 7.18. The predicted octanol–water partition coefficient (Wildman–Crippen LogP) is 0.413. The molecule has 9 heteroatoms. The van der Waals surface area contributed by atoms with Crippen molar-refractivity contribution in [3.8, 4) is 0 Å². The van der Waals surface area contributed by atoms with Gasteiger partial charge in [-0.25, -0.2) is 4.98 Å². The molecular formula is C10H14N6O2S. The maximum Gasteiger partial charge on any atom is 0.265 e. The average molecular weight is 282 g/mol. The molecule has 8 nitrogen and oxygen atoms in total. The van der Waals surface area contributed by atoms with E-state index >= 15 is 0 Å². The first-order valence-corrected chi connectivity index (χ1v) is 6.30. The number of hydrogen-bond donors (Lipinski definition) is 2. The molecule has 0 aliphatic heterocycles. The lowest BCUT2D eigenvalue weighted by molar-refractivity contribution is 0.0951. The van der Waals surface area contributed by atoms with E-state index < -0.39 is 0 Å². The highest BCUT2D eigenvalue weighted by atomic mass is 32.1. The fourth-order valence-corrected chi connectivity index (χ4v) is 2.15. The van der Waals surface area contributed by atoms with E-state index in [1.165, 1.54) is 11.3 Å². The molecule has 0 aliphatic carbocycles. The molecule has 2 heterocycles. The fourth-order valence-electron chi connectivity index (χ4n) is 1.32. The van der Waals surface area contributed by atoms with Crippen molar-refractivity contribution < 1.29 is 9.32 Å². The Hall–Kier alpha value is -2.16. The molecule has 0 aliphatic rings. The van der Waals surface area contributed by atoms with E-state index in [1.807, 2.05) is 14.1 Å². The number of nitrogens with two attached hydrogens (primary N) is 1. The molecule has 0 saturated heterocycles. The number of anilines is 2. The lowest BCUT2D eigenvalue weighted by atomic mass is 10.4. The van der Waals surface area contributed by atoms with Gasteiger partial charge in [-0.05, 0) is 6.92 Å². The Morgan fingerprint density at radius 1 is 1.47 bits per heavy atom. The summed E-state index contributed by atoms with van der Waals surface area (Å²) in [6, 6.07) is 0. The second kappa shape index (κ2) is 5.22. The number of aryl methyl sites for hydroxylation is 1. The number of nitrogens with zero attached hydrogens (tertiary/aromatic N) is 4. The third kappa shape index (κ3) is 2.99. The van der Waals surface area contributed by atoms with Gasteiger partial charge >= 0.3 is 0 Å². The normalized spacial score (nSPS) is 10.5. The van der Waals surface area contributed by atoms with E-state index in [4.69, 9.17) is 10.3 Å². The molecule has 102 valence electrons. The maximum atomic E-state index is 12.0. The van der Waals surface area contributed by atoms with Crippen molar-refractivity contribution in [2.45, 2.75) is 13.5 Å². The number of rotatable bonds is 4. The third-order valence-corrected chi connectivity index (χ3v) is 3.44. The van der Waals surface area contributed by atoms with Crippen molar-refractivity contribution in [2.24, 2.45) is 0 Å². The summed E-state index contributed by atoms with van der Waals surface area (Å²) >= 11 is 1.23. The van der Waals surface area contributed by atoms with Crippen LogP contribution >= 0.6 is 11.3 Å². The smallest absolute Gasteiger partial charge is 0.265 e. The molecule has 19 heavy (non-hydrogen) atoms. The molecule has 0 spiro atoms. The van der Waals surface area contributed by atoms with Gasteiger partial charge in [0.1, 0.15) is 10.7 Å². The standard InChI is InChI=1S/C10H14N6O2S/c1-5-13-6(18-15-5)4-12-9(17)7-8(11)14-10(19-7)16(2)3/h4,11H2,1-3H3,(H,12,17). The van der Waals surface area contributed by atoms with Crippen LogP contribution in [0.5, 0.6) is 0 Å². The molecule has 0 aromatic carbocycles. The first-order chi connectivity index (χ1) is 8.97. The topological polar surface area (TPSA) is 110 Å². The molecule has 0 radical (unpaired) electrons. The van der Waals surface area contributed by atoms with Crippen LogP contribution in [0.15, 0.2) is 4.52 Å². The SMILES string of the molecule is Cc1noc(CNC(=O)c2sc(N(C)C)nc2N)n1. The molecule has 0 bridgehead atoms. The number of carbonyl (C=O) groups excluding carboxylic acids is 1. The predicted molar refractivity (Wildman–Crippen MR) is 71.1 cm³/mol. The van der Waals surface area contributed by atoms with Crippen molar-refractivity contribution in [2.75, 3.05) is 24.7 Å². The van der Waals surface area contributed by atoms with Crippen LogP contribution in [0.2, 0.25) is 0 Å². The highest BCUT2D eigenvalue weighted by Crippen LogP contribution is 2.26. The van der Waals surface area contributed by atoms with Gasteiger partial charge in [-0.1, -0.05) is 16.5 Å². The second-order valence-corrected chi connectivity index (χ2v) is 5.00. The van der Waals surface area contributed by atoms with Crippen LogP contribution in [-0.4, -0.2) is 35.1 Å². The van der Waals surface area contributed by atoms with Gasteiger partial charge in [0.2, 0.25) is 5.89 Å². The van der Waals surface area contributed by atoms with Gasteiger partial charge in [0.15, 0.2) is 11.0 Å². The van der Waals surface area contributed by atoms with Crippen LogP contribution in [0.1, 0.15) is 21.4 Å². The summed E-state index contributed by atoms with van der Waals surface area (Å²) in [6.45, 7) is 1.87. The van der Waals surface area contributed by atoms with E-state index in [9.17, 15) is 4.79 Å². The molecule has 0 unspecified atom stereocenters. The number of amides is 1. The summed E-state index contributed by atoms with van der Waals surface area (Å²) in [5.74, 6) is 0.782. The maximum absolute atomic E-state index is 12.0. The lowest BCUT2D eigenvalue weighted by Crippen LogP contribution is -2.22. The minimum absolute atomic E-state index is 0.161. The van der Waals surface area contributed by atoms with E-state index in [1.54, 1.807) is 11.8 Å². The van der Waals surface area contributed by atoms with E-state index in [-0.39, 0.29) is 18.3 Å². The Balaban J connectivity index is 2.03. The Morgan fingerprint density at radius 3 is 2.74 bits per heavy atom.